The molecule has 0 spiro atoms. The van der Waals surface area contributed by atoms with Gasteiger partial charge in [-0.1, -0.05) is 0 Å². The molecule has 0 N–H and O–H groups in total. The van der Waals surface area contributed by atoms with Gasteiger partial charge in [0.15, 0.2) is 5.78 Å². The zero-order valence-corrected chi connectivity index (χ0v) is 8.86. The number of aliphatic imine (C=N–C) groups is 1. The highest BCUT2D eigenvalue weighted by molar-refractivity contribution is 6.26. The van der Waals surface area contributed by atoms with Crippen molar-refractivity contribution in [3.8, 4) is 0 Å². The van der Waals surface area contributed by atoms with E-state index in [2.05, 4.69) is 4.99 Å². The molecule has 0 aromatic rings. The second-order valence-corrected chi connectivity index (χ2v) is 3.40. The summed E-state index contributed by atoms with van der Waals surface area (Å²) >= 11 is 0. The van der Waals surface area contributed by atoms with Crippen LogP contribution in [-0.2, 0) is 4.79 Å². The van der Waals surface area contributed by atoms with Crippen molar-refractivity contribution < 1.29 is 4.79 Å². The SMILES string of the molecule is CN=C1C(C)=C(C)C(=O)C(C)=C1C. The van der Waals surface area contributed by atoms with E-state index in [1.165, 1.54) is 0 Å². The van der Waals surface area contributed by atoms with Gasteiger partial charge < -0.3 is 0 Å². The first-order valence-corrected chi connectivity index (χ1v) is 4.37. The standard InChI is InChI=1S/C11H15NO/c1-6-8(3)11(13)9(4)7(2)10(6)12-5/h1-5H3. The average Bonchev–Trinajstić information content (AvgIpc) is 2.13. The predicted molar refractivity (Wildman–Crippen MR) is 55.1 cm³/mol. The van der Waals surface area contributed by atoms with Crippen molar-refractivity contribution in [3.05, 3.63) is 22.3 Å². The summed E-state index contributed by atoms with van der Waals surface area (Å²) in [4.78, 5) is 15.8. The molecule has 2 nitrogen and oxygen atoms in total. The summed E-state index contributed by atoms with van der Waals surface area (Å²) in [6.45, 7) is 7.62. The van der Waals surface area contributed by atoms with Gasteiger partial charge in [-0.2, -0.15) is 0 Å². The molecule has 0 aromatic carbocycles. The number of allylic oxidation sites excluding steroid dienone is 4. The lowest BCUT2D eigenvalue weighted by atomic mass is 9.86. The summed E-state index contributed by atoms with van der Waals surface area (Å²) in [5.41, 5.74) is 4.63. The van der Waals surface area contributed by atoms with Crippen LogP contribution in [0.1, 0.15) is 27.7 Å². The molecule has 0 saturated heterocycles. The number of hydrogen-bond acceptors (Lipinski definition) is 2. The Kier molecular flexibility index (Phi) is 2.50. The second-order valence-electron chi connectivity index (χ2n) is 3.40. The minimum Gasteiger partial charge on any atom is -0.289 e. The molecule has 2 heteroatoms. The Bertz CT molecular complexity index is 326. The van der Waals surface area contributed by atoms with Crippen molar-refractivity contribution in [1.82, 2.24) is 0 Å². The molecule has 0 fully saturated rings. The van der Waals surface area contributed by atoms with Gasteiger partial charge in [-0.05, 0) is 38.8 Å². The smallest absolute Gasteiger partial charge is 0.185 e. The van der Waals surface area contributed by atoms with Gasteiger partial charge >= 0.3 is 0 Å². The highest BCUT2D eigenvalue weighted by Gasteiger charge is 2.22. The minimum atomic E-state index is 0.155. The van der Waals surface area contributed by atoms with Gasteiger partial charge in [-0.25, -0.2) is 0 Å². The van der Waals surface area contributed by atoms with Gasteiger partial charge in [-0.15, -0.1) is 0 Å². The van der Waals surface area contributed by atoms with E-state index in [0.29, 0.717) is 0 Å². The Labute approximate surface area is 79.1 Å². The van der Waals surface area contributed by atoms with Crippen LogP contribution in [-0.4, -0.2) is 18.5 Å². The molecule has 0 aromatic heterocycles. The molecule has 1 aliphatic carbocycles. The summed E-state index contributed by atoms with van der Waals surface area (Å²) in [6, 6.07) is 0. The zero-order valence-electron chi connectivity index (χ0n) is 8.86. The lowest BCUT2D eigenvalue weighted by Crippen LogP contribution is -2.19. The number of carbonyl (C=O) groups excluding carboxylic acids is 1. The fourth-order valence-electron chi connectivity index (χ4n) is 1.59. The predicted octanol–water partition coefficient (Wildman–Crippen LogP) is 2.31. The maximum absolute atomic E-state index is 11.6. The average molecular weight is 177 g/mol. The maximum Gasteiger partial charge on any atom is 0.185 e. The van der Waals surface area contributed by atoms with E-state index in [1.54, 1.807) is 7.05 Å². The first kappa shape index (κ1) is 9.90. The topological polar surface area (TPSA) is 29.4 Å². The number of Topliss-reactive ketones (excluding diaryl/α,β-unsaturated/α-hetero) is 1. The number of rotatable bonds is 0. The lowest BCUT2D eigenvalue weighted by molar-refractivity contribution is -0.112. The minimum absolute atomic E-state index is 0.155. The van der Waals surface area contributed by atoms with Crippen molar-refractivity contribution in [2.24, 2.45) is 4.99 Å². The summed E-state index contributed by atoms with van der Waals surface area (Å²) < 4.78 is 0. The number of hydrogen-bond donors (Lipinski definition) is 0. The van der Waals surface area contributed by atoms with Crippen LogP contribution in [0.5, 0.6) is 0 Å². The summed E-state index contributed by atoms with van der Waals surface area (Å²) in [6.07, 6.45) is 0. The Hall–Kier alpha value is -1.18. The van der Waals surface area contributed by atoms with E-state index in [9.17, 15) is 4.79 Å². The van der Waals surface area contributed by atoms with E-state index in [-0.39, 0.29) is 5.78 Å². The first-order valence-electron chi connectivity index (χ1n) is 4.37. The van der Waals surface area contributed by atoms with Crippen LogP contribution in [0.4, 0.5) is 0 Å². The zero-order chi connectivity index (χ0) is 10.2. The highest BCUT2D eigenvalue weighted by Crippen LogP contribution is 2.24. The molecule has 0 radical (unpaired) electrons. The van der Waals surface area contributed by atoms with Crippen molar-refractivity contribution in [2.45, 2.75) is 27.7 Å². The van der Waals surface area contributed by atoms with Gasteiger partial charge in [-0.3, -0.25) is 9.79 Å². The van der Waals surface area contributed by atoms with Crippen LogP contribution in [0.2, 0.25) is 0 Å². The quantitative estimate of drug-likeness (QED) is 0.522. The molecule has 1 aliphatic rings. The normalized spacial score (nSPS) is 18.5. The molecule has 1 rings (SSSR count). The molecule has 0 saturated carbocycles. The molecular weight excluding hydrogens is 162 g/mol. The Morgan fingerprint density at radius 2 is 1.23 bits per heavy atom. The molecule has 0 amide bonds. The van der Waals surface area contributed by atoms with Crippen LogP contribution >= 0.6 is 0 Å². The highest BCUT2D eigenvalue weighted by atomic mass is 16.1. The fraction of sp³-hybridized carbons (Fsp3) is 0.455. The molecular formula is C11H15NO. The molecule has 70 valence electrons. The van der Waals surface area contributed by atoms with E-state index in [4.69, 9.17) is 0 Å². The van der Waals surface area contributed by atoms with Crippen molar-refractivity contribution in [1.29, 1.82) is 0 Å². The van der Waals surface area contributed by atoms with E-state index in [1.807, 2.05) is 27.7 Å². The molecule has 0 heterocycles. The molecule has 0 unspecified atom stereocenters. The molecule has 0 atom stereocenters. The molecule has 0 aliphatic heterocycles. The Morgan fingerprint density at radius 3 is 1.54 bits per heavy atom. The van der Waals surface area contributed by atoms with Crippen LogP contribution in [0.3, 0.4) is 0 Å². The summed E-state index contributed by atoms with van der Waals surface area (Å²) in [7, 11) is 1.76. The Morgan fingerprint density at radius 1 is 0.846 bits per heavy atom. The third-order valence-electron chi connectivity index (χ3n) is 2.74. The fourth-order valence-corrected chi connectivity index (χ4v) is 1.59. The van der Waals surface area contributed by atoms with Gasteiger partial charge in [0, 0.05) is 18.2 Å². The summed E-state index contributed by atoms with van der Waals surface area (Å²) in [5.74, 6) is 0.155. The number of nitrogens with zero attached hydrogens (tertiary/aromatic N) is 1. The van der Waals surface area contributed by atoms with Crippen molar-refractivity contribution in [3.63, 3.8) is 0 Å². The van der Waals surface area contributed by atoms with Crippen LogP contribution in [0.15, 0.2) is 27.3 Å². The number of ketones is 1. The van der Waals surface area contributed by atoms with Gasteiger partial charge in [0.1, 0.15) is 0 Å². The summed E-state index contributed by atoms with van der Waals surface area (Å²) in [5, 5.41) is 0. The van der Waals surface area contributed by atoms with Crippen LogP contribution < -0.4 is 0 Å². The van der Waals surface area contributed by atoms with Crippen molar-refractivity contribution >= 4 is 11.5 Å². The largest absolute Gasteiger partial charge is 0.289 e. The first-order chi connectivity index (χ1) is 6.00. The van der Waals surface area contributed by atoms with Gasteiger partial charge in [0.2, 0.25) is 0 Å². The third kappa shape index (κ3) is 1.37. The number of carbonyl (C=O) groups is 1. The Balaban J connectivity index is 3.38. The van der Waals surface area contributed by atoms with Gasteiger partial charge in [0.05, 0.1) is 5.71 Å². The second kappa shape index (κ2) is 3.29. The van der Waals surface area contributed by atoms with Crippen LogP contribution in [0.25, 0.3) is 0 Å². The van der Waals surface area contributed by atoms with E-state index in [0.717, 1.165) is 28.0 Å². The molecule has 13 heavy (non-hydrogen) atoms. The van der Waals surface area contributed by atoms with Crippen molar-refractivity contribution in [2.75, 3.05) is 7.05 Å². The lowest BCUT2D eigenvalue weighted by Gasteiger charge is -2.18. The van der Waals surface area contributed by atoms with E-state index >= 15 is 0 Å². The van der Waals surface area contributed by atoms with Crippen LogP contribution in [0, 0.1) is 0 Å². The molecule has 0 bridgehead atoms. The van der Waals surface area contributed by atoms with Gasteiger partial charge in [0.25, 0.3) is 0 Å². The monoisotopic (exact) mass is 177 g/mol. The van der Waals surface area contributed by atoms with E-state index < -0.39 is 0 Å². The maximum atomic E-state index is 11.6. The third-order valence-corrected chi connectivity index (χ3v) is 2.74.